The normalized spacial score (nSPS) is 14.1. The lowest BCUT2D eigenvalue weighted by atomic mass is 10.0. The van der Waals surface area contributed by atoms with Crippen LogP contribution < -0.4 is 0 Å². The molecule has 19 heteroatoms. The van der Waals surface area contributed by atoms with Gasteiger partial charge in [-0.3, -0.25) is 37.3 Å². The number of hydrogen-bond acceptors (Lipinski definition) is 15. The smallest absolute Gasteiger partial charge is 0.462 e. The number of hydrogen-bond donors (Lipinski definition) is 3. The quantitative estimate of drug-likeness (QED) is 0.0222. The molecular formula is C68H132O17P2. The van der Waals surface area contributed by atoms with Crippen molar-refractivity contribution < 1.29 is 80.2 Å². The van der Waals surface area contributed by atoms with Crippen molar-refractivity contribution in [2.24, 2.45) is 0 Å². The number of carbonyl (C=O) groups excluding carboxylic acids is 4. The summed E-state index contributed by atoms with van der Waals surface area (Å²) in [5, 5.41) is 10.5. The number of unbranched alkanes of at least 4 members (excludes halogenated alkanes) is 43. The number of rotatable bonds is 69. The summed E-state index contributed by atoms with van der Waals surface area (Å²) in [6.07, 6.45) is 50.6. The molecule has 0 aliphatic rings. The monoisotopic (exact) mass is 1280 g/mol. The van der Waals surface area contributed by atoms with Gasteiger partial charge < -0.3 is 33.8 Å². The molecular weight excluding hydrogens is 1150 g/mol. The van der Waals surface area contributed by atoms with E-state index in [4.69, 9.17) is 37.0 Å². The van der Waals surface area contributed by atoms with Crippen molar-refractivity contribution in [3.05, 3.63) is 0 Å². The summed E-state index contributed by atoms with van der Waals surface area (Å²) in [7, 11) is -9.88. The molecule has 0 radical (unpaired) electrons. The Morgan fingerprint density at radius 2 is 0.460 bits per heavy atom. The Morgan fingerprint density at radius 1 is 0.276 bits per heavy atom. The fraction of sp³-hybridized carbons (Fsp3) is 0.941. The molecule has 17 nitrogen and oxygen atoms in total. The SMILES string of the molecule is CCCCCCCCCCCCCCCCCCCCCCCC(=O)O[C@H](COC(=O)CCCCCCCCCCCCCCC)COP(=O)(O)OC[C@@H](O)COP(=O)(O)OC[C@@H](COC(=O)CCCCCCC)OC(=O)CCCCCCCCCC. The van der Waals surface area contributed by atoms with Crippen LogP contribution in [0.25, 0.3) is 0 Å². The molecule has 0 fully saturated rings. The molecule has 0 aromatic heterocycles. The maximum absolute atomic E-state index is 13.0. The van der Waals surface area contributed by atoms with Crippen molar-refractivity contribution in [3.8, 4) is 0 Å². The summed E-state index contributed by atoms with van der Waals surface area (Å²) < 4.78 is 67.9. The Kier molecular flexibility index (Phi) is 61.4. The fourth-order valence-electron chi connectivity index (χ4n) is 10.3. The van der Waals surface area contributed by atoms with Crippen LogP contribution in [-0.2, 0) is 65.4 Å². The minimum atomic E-state index is -4.95. The Morgan fingerprint density at radius 3 is 0.678 bits per heavy atom. The largest absolute Gasteiger partial charge is 0.472 e. The summed E-state index contributed by atoms with van der Waals surface area (Å²) in [5.74, 6) is -2.14. The van der Waals surface area contributed by atoms with Crippen LogP contribution in [0, 0.1) is 0 Å². The van der Waals surface area contributed by atoms with Gasteiger partial charge in [0.25, 0.3) is 0 Å². The minimum Gasteiger partial charge on any atom is -0.462 e. The van der Waals surface area contributed by atoms with Crippen LogP contribution in [0.1, 0.15) is 355 Å². The van der Waals surface area contributed by atoms with Crippen molar-refractivity contribution in [2.45, 2.75) is 373 Å². The lowest BCUT2D eigenvalue weighted by molar-refractivity contribution is -0.161. The molecule has 516 valence electrons. The highest BCUT2D eigenvalue weighted by molar-refractivity contribution is 7.47. The van der Waals surface area contributed by atoms with Crippen molar-refractivity contribution >= 4 is 39.5 Å². The van der Waals surface area contributed by atoms with E-state index in [1.165, 1.54) is 173 Å². The molecule has 0 rings (SSSR count). The number of aliphatic hydroxyl groups excluding tert-OH is 1. The van der Waals surface area contributed by atoms with Gasteiger partial charge in [-0.1, -0.05) is 304 Å². The third-order valence-electron chi connectivity index (χ3n) is 15.9. The predicted molar refractivity (Wildman–Crippen MR) is 349 cm³/mol. The topological polar surface area (TPSA) is 237 Å². The van der Waals surface area contributed by atoms with E-state index in [-0.39, 0.29) is 25.7 Å². The van der Waals surface area contributed by atoms with E-state index >= 15 is 0 Å². The first-order valence-corrected chi connectivity index (χ1v) is 38.8. The van der Waals surface area contributed by atoms with E-state index in [1.54, 1.807) is 0 Å². The van der Waals surface area contributed by atoms with Gasteiger partial charge in [-0.05, 0) is 25.7 Å². The van der Waals surface area contributed by atoms with Gasteiger partial charge in [-0.2, -0.15) is 0 Å². The predicted octanol–water partition coefficient (Wildman–Crippen LogP) is 19.5. The first-order chi connectivity index (χ1) is 42.2. The van der Waals surface area contributed by atoms with Crippen LogP contribution in [0.4, 0.5) is 0 Å². The summed E-state index contributed by atoms with van der Waals surface area (Å²) in [5.41, 5.74) is 0. The van der Waals surface area contributed by atoms with Crippen LogP contribution in [0.5, 0.6) is 0 Å². The molecule has 0 saturated heterocycles. The zero-order valence-electron chi connectivity index (χ0n) is 56.0. The van der Waals surface area contributed by atoms with E-state index in [0.29, 0.717) is 25.7 Å². The van der Waals surface area contributed by atoms with Crippen molar-refractivity contribution in [1.82, 2.24) is 0 Å². The van der Waals surface area contributed by atoms with Crippen molar-refractivity contribution in [1.29, 1.82) is 0 Å². The van der Waals surface area contributed by atoms with Gasteiger partial charge in [-0.25, -0.2) is 9.13 Å². The zero-order valence-corrected chi connectivity index (χ0v) is 57.8. The summed E-state index contributed by atoms with van der Waals surface area (Å²) >= 11 is 0. The number of carbonyl (C=O) groups is 4. The number of phosphoric ester groups is 2. The van der Waals surface area contributed by atoms with Crippen LogP contribution in [0.2, 0.25) is 0 Å². The minimum absolute atomic E-state index is 0.104. The Hall–Kier alpha value is -1.94. The number of ether oxygens (including phenoxy) is 4. The molecule has 0 bridgehead atoms. The molecule has 0 heterocycles. The van der Waals surface area contributed by atoms with Gasteiger partial charge in [-0.15, -0.1) is 0 Å². The van der Waals surface area contributed by atoms with E-state index in [9.17, 15) is 43.2 Å². The standard InChI is InChI=1S/C68H132O17P2/c1-5-9-13-17-20-23-25-27-28-29-30-31-32-33-34-36-38-40-43-47-51-55-68(73)85-64(59-79-66(71)53-49-45-42-39-37-35-26-24-21-18-14-10-6-2)61-83-87(76,77)81-57-62(69)56-80-86(74,75)82-60-63(58-78-65(70)52-48-44-16-12-8-4)84-67(72)54-50-46-41-22-19-15-11-7-3/h62-64,69H,5-61H2,1-4H3,(H,74,75)(H,76,77)/t62-,63+,64+/m0/s1. The van der Waals surface area contributed by atoms with Crippen LogP contribution in [0.3, 0.4) is 0 Å². The first-order valence-electron chi connectivity index (χ1n) is 35.8. The molecule has 2 unspecified atom stereocenters. The third kappa shape index (κ3) is 62.6. The second-order valence-electron chi connectivity index (χ2n) is 24.6. The van der Waals surface area contributed by atoms with Crippen LogP contribution >= 0.6 is 15.6 Å². The average molecular weight is 1280 g/mol. The summed E-state index contributed by atoms with van der Waals surface area (Å²) in [6.45, 7) is 4.81. The van der Waals surface area contributed by atoms with E-state index in [0.717, 1.165) is 103 Å². The van der Waals surface area contributed by atoms with E-state index in [1.807, 2.05) is 0 Å². The van der Waals surface area contributed by atoms with Gasteiger partial charge in [0.1, 0.15) is 19.3 Å². The third-order valence-corrected chi connectivity index (χ3v) is 17.8. The van der Waals surface area contributed by atoms with Gasteiger partial charge in [0, 0.05) is 25.7 Å². The number of phosphoric acid groups is 2. The highest BCUT2D eigenvalue weighted by Gasteiger charge is 2.30. The molecule has 5 atom stereocenters. The Bertz CT molecular complexity index is 1670. The van der Waals surface area contributed by atoms with Crippen LogP contribution in [0.15, 0.2) is 0 Å². The Labute approximate surface area is 530 Å². The highest BCUT2D eigenvalue weighted by atomic mass is 31.2. The molecule has 87 heavy (non-hydrogen) atoms. The Balaban J connectivity index is 5.08. The lowest BCUT2D eigenvalue weighted by Gasteiger charge is -2.21. The highest BCUT2D eigenvalue weighted by Crippen LogP contribution is 2.45. The van der Waals surface area contributed by atoms with Gasteiger partial charge in [0.2, 0.25) is 0 Å². The lowest BCUT2D eigenvalue weighted by Crippen LogP contribution is -2.30. The maximum Gasteiger partial charge on any atom is 0.472 e. The van der Waals surface area contributed by atoms with Gasteiger partial charge in [0.05, 0.1) is 26.4 Å². The molecule has 3 N–H and O–H groups in total. The van der Waals surface area contributed by atoms with E-state index < -0.39 is 97.5 Å². The molecule has 0 saturated carbocycles. The van der Waals surface area contributed by atoms with Crippen molar-refractivity contribution in [2.75, 3.05) is 39.6 Å². The van der Waals surface area contributed by atoms with Crippen LogP contribution in [-0.4, -0.2) is 96.7 Å². The van der Waals surface area contributed by atoms with Gasteiger partial charge in [0.15, 0.2) is 12.2 Å². The molecule has 0 aromatic rings. The van der Waals surface area contributed by atoms with Crippen molar-refractivity contribution in [3.63, 3.8) is 0 Å². The molecule has 0 aromatic carbocycles. The maximum atomic E-state index is 13.0. The summed E-state index contributed by atoms with van der Waals surface area (Å²) in [6, 6.07) is 0. The number of esters is 4. The van der Waals surface area contributed by atoms with E-state index in [2.05, 4.69) is 27.7 Å². The molecule has 0 spiro atoms. The second kappa shape index (κ2) is 62.8. The molecule has 0 aliphatic heterocycles. The second-order valence-corrected chi connectivity index (χ2v) is 27.5. The number of aliphatic hydroxyl groups is 1. The average Bonchev–Trinajstić information content (AvgIpc) is 3.70. The first kappa shape index (κ1) is 85.1. The zero-order chi connectivity index (χ0) is 64.0. The molecule has 0 aliphatic carbocycles. The summed E-state index contributed by atoms with van der Waals surface area (Å²) in [4.78, 5) is 72.0. The molecule has 0 amide bonds. The fourth-order valence-corrected chi connectivity index (χ4v) is 11.9. The van der Waals surface area contributed by atoms with Gasteiger partial charge >= 0.3 is 39.5 Å².